The average Bonchev–Trinajstić information content (AvgIpc) is 2.68. The van der Waals surface area contributed by atoms with E-state index in [9.17, 15) is 18.0 Å². The number of rotatable bonds is 8. The standard InChI is InChI=1S/C21H26N2O5S/c1-15-10-11-18(29(26,27)23(3)4)14-19(15)21(25)28-16(2)20(24)22-13-12-17-8-6-5-7-9-17/h5-11,14,16H,12-13H2,1-4H3,(H,22,24)/t16-/m0/s1. The molecule has 0 heterocycles. The fraction of sp³-hybridized carbons (Fsp3) is 0.333. The van der Waals surface area contributed by atoms with Crippen LogP contribution in [0.4, 0.5) is 0 Å². The summed E-state index contributed by atoms with van der Waals surface area (Å²) in [5.41, 5.74) is 1.76. The summed E-state index contributed by atoms with van der Waals surface area (Å²) >= 11 is 0. The van der Waals surface area contributed by atoms with E-state index >= 15 is 0 Å². The Bertz CT molecular complexity index is 972. The van der Waals surface area contributed by atoms with Crippen LogP contribution in [0, 0.1) is 6.92 Å². The second-order valence-electron chi connectivity index (χ2n) is 6.84. The summed E-state index contributed by atoms with van der Waals surface area (Å²) in [5, 5.41) is 2.73. The minimum absolute atomic E-state index is 0.0139. The summed E-state index contributed by atoms with van der Waals surface area (Å²) in [6.45, 7) is 3.57. The van der Waals surface area contributed by atoms with Crippen molar-refractivity contribution < 1.29 is 22.7 Å². The van der Waals surface area contributed by atoms with Crippen molar-refractivity contribution in [3.63, 3.8) is 0 Å². The molecule has 0 aromatic heterocycles. The first-order valence-electron chi connectivity index (χ1n) is 9.18. The number of amides is 1. The number of ether oxygens (including phenoxy) is 1. The maximum atomic E-state index is 12.5. The molecule has 1 atom stereocenters. The molecule has 0 aliphatic heterocycles. The van der Waals surface area contributed by atoms with Crippen molar-refractivity contribution in [3.8, 4) is 0 Å². The molecular formula is C21H26N2O5S. The molecule has 0 radical (unpaired) electrons. The van der Waals surface area contributed by atoms with Gasteiger partial charge < -0.3 is 10.1 Å². The largest absolute Gasteiger partial charge is 0.449 e. The number of carbonyl (C=O) groups is 2. The average molecular weight is 419 g/mol. The van der Waals surface area contributed by atoms with Crippen LogP contribution in [0.5, 0.6) is 0 Å². The Morgan fingerprint density at radius 3 is 2.38 bits per heavy atom. The molecule has 0 aliphatic carbocycles. The molecule has 0 saturated carbocycles. The van der Waals surface area contributed by atoms with Crippen molar-refractivity contribution >= 4 is 21.9 Å². The van der Waals surface area contributed by atoms with Crippen LogP contribution in [0.1, 0.15) is 28.4 Å². The van der Waals surface area contributed by atoms with Crippen LogP contribution >= 0.6 is 0 Å². The molecule has 8 heteroatoms. The van der Waals surface area contributed by atoms with Gasteiger partial charge in [0.15, 0.2) is 6.10 Å². The number of esters is 1. The summed E-state index contributed by atoms with van der Waals surface area (Å²) in [5.74, 6) is -1.16. The zero-order valence-corrected chi connectivity index (χ0v) is 17.8. The van der Waals surface area contributed by atoms with Gasteiger partial charge in [0, 0.05) is 20.6 Å². The third kappa shape index (κ3) is 5.88. The third-order valence-corrected chi connectivity index (χ3v) is 6.23. The van der Waals surface area contributed by atoms with Crippen molar-refractivity contribution in [1.29, 1.82) is 0 Å². The molecule has 0 aliphatic rings. The van der Waals surface area contributed by atoms with Gasteiger partial charge in [-0.2, -0.15) is 0 Å². The van der Waals surface area contributed by atoms with Crippen molar-refractivity contribution in [2.45, 2.75) is 31.3 Å². The summed E-state index contributed by atoms with van der Waals surface area (Å²) in [4.78, 5) is 24.7. The fourth-order valence-electron chi connectivity index (χ4n) is 2.59. The number of aryl methyl sites for hydroxylation is 1. The number of hydrogen-bond acceptors (Lipinski definition) is 5. The Kier molecular flexibility index (Phi) is 7.53. The van der Waals surface area contributed by atoms with Crippen LogP contribution in [0.15, 0.2) is 53.4 Å². The SMILES string of the molecule is Cc1ccc(S(=O)(=O)N(C)C)cc1C(=O)O[C@@H](C)C(=O)NCCc1ccccc1. The van der Waals surface area contributed by atoms with Crippen molar-refractivity contribution in [2.24, 2.45) is 0 Å². The van der Waals surface area contributed by atoms with E-state index in [4.69, 9.17) is 4.74 Å². The maximum Gasteiger partial charge on any atom is 0.339 e. The Balaban J connectivity index is 2.00. The van der Waals surface area contributed by atoms with E-state index in [2.05, 4.69) is 5.32 Å². The summed E-state index contributed by atoms with van der Waals surface area (Å²) in [6.07, 6.45) is -0.344. The molecule has 29 heavy (non-hydrogen) atoms. The van der Waals surface area contributed by atoms with Gasteiger partial charge in [-0.05, 0) is 43.5 Å². The van der Waals surface area contributed by atoms with Crippen LogP contribution in [0.3, 0.4) is 0 Å². The highest BCUT2D eigenvalue weighted by Gasteiger charge is 2.23. The van der Waals surface area contributed by atoms with E-state index in [1.807, 2.05) is 30.3 Å². The Labute approximate surface area is 171 Å². The van der Waals surface area contributed by atoms with E-state index in [1.54, 1.807) is 6.92 Å². The quantitative estimate of drug-likeness (QED) is 0.663. The lowest BCUT2D eigenvalue weighted by atomic mass is 10.1. The number of benzene rings is 2. The molecular weight excluding hydrogens is 392 g/mol. The first-order valence-corrected chi connectivity index (χ1v) is 10.6. The molecule has 1 N–H and O–H groups in total. The molecule has 2 aromatic carbocycles. The molecule has 0 bridgehead atoms. The van der Waals surface area contributed by atoms with E-state index in [1.165, 1.54) is 39.2 Å². The highest BCUT2D eigenvalue weighted by Crippen LogP contribution is 2.19. The highest BCUT2D eigenvalue weighted by atomic mass is 32.2. The van der Waals surface area contributed by atoms with Gasteiger partial charge in [0.2, 0.25) is 10.0 Å². The molecule has 1 amide bonds. The lowest BCUT2D eigenvalue weighted by Gasteiger charge is -2.16. The fourth-order valence-corrected chi connectivity index (χ4v) is 3.52. The van der Waals surface area contributed by atoms with Crippen molar-refractivity contribution in [1.82, 2.24) is 9.62 Å². The molecule has 0 unspecified atom stereocenters. The molecule has 0 saturated heterocycles. The minimum Gasteiger partial charge on any atom is -0.449 e. The van der Waals surface area contributed by atoms with Gasteiger partial charge in [-0.1, -0.05) is 36.4 Å². The number of nitrogens with zero attached hydrogens (tertiary/aromatic N) is 1. The second-order valence-corrected chi connectivity index (χ2v) is 8.99. The number of nitrogens with one attached hydrogen (secondary N) is 1. The lowest BCUT2D eigenvalue weighted by molar-refractivity contribution is -0.129. The van der Waals surface area contributed by atoms with Crippen LogP contribution in [0.2, 0.25) is 0 Å². The molecule has 0 spiro atoms. The summed E-state index contributed by atoms with van der Waals surface area (Å²) in [6, 6.07) is 13.9. The van der Waals surface area contributed by atoms with Crippen LogP contribution in [0.25, 0.3) is 0 Å². The normalized spacial score (nSPS) is 12.4. The maximum absolute atomic E-state index is 12.5. The van der Waals surface area contributed by atoms with Gasteiger partial charge in [-0.25, -0.2) is 17.5 Å². The van der Waals surface area contributed by atoms with Crippen LogP contribution in [-0.2, 0) is 26.0 Å². The lowest BCUT2D eigenvalue weighted by Crippen LogP contribution is -2.37. The number of sulfonamides is 1. The van der Waals surface area contributed by atoms with Gasteiger partial charge in [0.25, 0.3) is 5.91 Å². The molecule has 2 rings (SSSR count). The van der Waals surface area contributed by atoms with Gasteiger partial charge in [-0.3, -0.25) is 4.79 Å². The molecule has 156 valence electrons. The Morgan fingerprint density at radius 2 is 1.76 bits per heavy atom. The summed E-state index contributed by atoms with van der Waals surface area (Å²) in [7, 11) is -0.863. The highest BCUT2D eigenvalue weighted by molar-refractivity contribution is 7.89. The van der Waals surface area contributed by atoms with Gasteiger partial charge in [0.05, 0.1) is 10.5 Å². The van der Waals surface area contributed by atoms with Gasteiger partial charge >= 0.3 is 5.97 Å². The third-order valence-electron chi connectivity index (χ3n) is 4.42. The molecule has 2 aromatic rings. The summed E-state index contributed by atoms with van der Waals surface area (Å²) < 4.78 is 30.9. The first-order chi connectivity index (χ1) is 13.6. The topological polar surface area (TPSA) is 92.8 Å². The predicted molar refractivity (Wildman–Crippen MR) is 110 cm³/mol. The van der Waals surface area contributed by atoms with Crippen molar-refractivity contribution in [2.75, 3.05) is 20.6 Å². The van der Waals surface area contributed by atoms with Gasteiger partial charge in [-0.15, -0.1) is 0 Å². The van der Waals surface area contributed by atoms with E-state index < -0.39 is 28.0 Å². The smallest absolute Gasteiger partial charge is 0.339 e. The Hall–Kier alpha value is -2.71. The van der Waals surface area contributed by atoms with E-state index in [0.29, 0.717) is 18.5 Å². The van der Waals surface area contributed by atoms with Crippen molar-refractivity contribution in [3.05, 3.63) is 65.2 Å². The van der Waals surface area contributed by atoms with E-state index in [0.717, 1.165) is 9.87 Å². The zero-order chi connectivity index (χ0) is 21.6. The van der Waals surface area contributed by atoms with E-state index in [-0.39, 0.29) is 10.5 Å². The first kappa shape index (κ1) is 22.6. The second kappa shape index (κ2) is 9.67. The van der Waals surface area contributed by atoms with Gasteiger partial charge in [0.1, 0.15) is 0 Å². The molecule has 0 fully saturated rings. The monoisotopic (exact) mass is 418 g/mol. The Morgan fingerprint density at radius 1 is 1.10 bits per heavy atom. The molecule has 7 nitrogen and oxygen atoms in total. The zero-order valence-electron chi connectivity index (χ0n) is 17.0. The van der Waals surface area contributed by atoms with Crippen LogP contribution < -0.4 is 5.32 Å². The predicted octanol–water partition coefficient (Wildman–Crippen LogP) is 2.15. The number of hydrogen-bond donors (Lipinski definition) is 1. The minimum atomic E-state index is -3.69. The van der Waals surface area contributed by atoms with Crippen LogP contribution in [-0.4, -0.2) is 51.3 Å². The number of carbonyl (C=O) groups excluding carboxylic acids is 2.